The van der Waals surface area contributed by atoms with E-state index in [0.29, 0.717) is 16.7 Å². The number of urea groups is 1. The molecule has 1 aliphatic carbocycles. The van der Waals surface area contributed by atoms with E-state index in [0.717, 1.165) is 4.90 Å². The molecule has 0 spiro atoms. The number of fused-ring (bicyclic) bond motifs is 1. The van der Waals surface area contributed by atoms with Crippen molar-refractivity contribution in [2.75, 3.05) is 20.3 Å². The molecule has 11 nitrogen and oxygen atoms in total. The van der Waals surface area contributed by atoms with Crippen LogP contribution in [0.1, 0.15) is 79.7 Å². The Labute approximate surface area is 243 Å². The van der Waals surface area contributed by atoms with Gasteiger partial charge in [-0.05, 0) is 50.3 Å². The van der Waals surface area contributed by atoms with E-state index in [2.05, 4.69) is 20.4 Å². The van der Waals surface area contributed by atoms with Gasteiger partial charge in [-0.1, -0.05) is 6.07 Å². The van der Waals surface area contributed by atoms with Gasteiger partial charge in [0.25, 0.3) is 5.91 Å². The molecular formula is C27H32F5N7O4. The summed E-state index contributed by atoms with van der Waals surface area (Å²) in [7, 11) is 1.37. The fraction of sp³-hybridized carbons (Fsp3) is 0.593. The normalized spacial score (nSPS) is 20.9. The number of aromatic nitrogens is 4. The standard InChI is InChI=1S/C27H32F5N7O4/c1-14(2)39-22(33-13-34-39)23(40)37-21(15-6-8-26(28,29)9-7-15)24-35-17-10-16(4-5-19(17)43-24)18(12-42-3)38-11-20(27(30,31)32)36-25(38)41/h4-5,10,13-15,18,20-21H,6-9,11-12H2,1-3H3,(H,36,41)(H,37,40). The lowest BCUT2D eigenvalue weighted by molar-refractivity contribution is -0.150. The zero-order chi connectivity index (χ0) is 31.1. The number of hydrogen-bond donors (Lipinski definition) is 2. The molecule has 3 unspecified atom stereocenters. The molecular weight excluding hydrogens is 581 g/mol. The van der Waals surface area contributed by atoms with E-state index in [9.17, 15) is 31.5 Å². The van der Waals surface area contributed by atoms with Crippen LogP contribution in [0.2, 0.25) is 0 Å². The SMILES string of the molecule is COCC(c1ccc2oc(C(NC(=O)c3ncnn3C(C)C)C3CCC(F)(F)CC3)nc2c1)N1CC(C(F)(F)F)NC1=O. The van der Waals surface area contributed by atoms with Gasteiger partial charge >= 0.3 is 12.2 Å². The Kier molecular flexibility index (Phi) is 8.33. The number of halogens is 5. The van der Waals surface area contributed by atoms with Crippen LogP contribution in [-0.4, -0.2) is 75.0 Å². The first-order valence-electron chi connectivity index (χ1n) is 13.9. The van der Waals surface area contributed by atoms with E-state index in [1.54, 1.807) is 18.2 Å². The van der Waals surface area contributed by atoms with Crippen LogP contribution in [0.4, 0.5) is 26.7 Å². The maximum absolute atomic E-state index is 14.0. The van der Waals surface area contributed by atoms with Crippen LogP contribution in [0.5, 0.6) is 0 Å². The van der Waals surface area contributed by atoms with Crippen molar-refractivity contribution < 1.29 is 40.7 Å². The number of benzene rings is 1. The van der Waals surface area contributed by atoms with Crippen LogP contribution in [-0.2, 0) is 4.74 Å². The summed E-state index contributed by atoms with van der Waals surface area (Å²) in [6.07, 6.45) is -3.85. The van der Waals surface area contributed by atoms with Crippen molar-refractivity contribution in [3.63, 3.8) is 0 Å². The molecule has 3 atom stereocenters. The molecule has 16 heteroatoms. The van der Waals surface area contributed by atoms with Crippen LogP contribution in [0, 0.1) is 5.92 Å². The first kappa shape index (κ1) is 30.6. The number of oxazole rings is 1. The van der Waals surface area contributed by atoms with E-state index in [4.69, 9.17) is 9.15 Å². The molecule has 2 fully saturated rings. The van der Waals surface area contributed by atoms with Gasteiger partial charge in [0, 0.05) is 26.0 Å². The highest BCUT2D eigenvalue weighted by atomic mass is 19.4. The summed E-state index contributed by atoms with van der Waals surface area (Å²) in [5, 5.41) is 8.91. The second-order valence-electron chi connectivity index (χ2n) is 11.2. The fourth-order valence-corrected chi connectivity index (χ4v) is 5.61. The first-order valence-corrected chi connectivity index (χ1v) is 13.9. The van der Waals surface area contributed by atoms with Crippen LogP contribution in [0.3, 0.4) is 0 Å². The van der Waals surface area contributed by atoms with E-state index in [1.807, 2.05) is 19.2 Å². The number of methoxy groups -OCH3 is 1. The predicted octanol–water partition coefficient (Wildman–Crippen LogP) is 4.94. The lowest BCUT2D eigenvalue weighted by Crippen LogP contribution is -2.40. The van der Waals surface area contributed by atoms with Gasteiger partial charge in [0.2, 0.25) is 17.6 Å². The molecule has 1 saturated carbocycles. The number of ether oxygens (including phenoxy) is 1. The molecule has 2 aromatic heterocycles. The molecule has 3 heterocycles. The lowest BCUT2D eigenvalue weighted by Gasteiger charge is -2.32. The monoisotopic (exact) mass is 613 g/mol. The lowest BCUT2D eigenvalue weighted by atomic mass is 9.82. The minimum Gasteiger partial charge on any atom is -0.438 e. The minimum atomic E-state index is -4.61. The molecule has 3 amide bonds. The van der Waals surface area contributed by atoms with Gasteiger partial charge in [-0.25, -0.2) is 28.2 Å². The summed E-state index contributed by atoms with van der Waals surface area (Å²) in [6.45, 7) is 2.98. The Morgan fingerprint density at radius 3 is 2.60 bits per heavy atom. The molecule has 234 valence electrons. The third kappa shape index (κ3) is 6.43. The second-order valence-corrected chi connectivity index (χ2v) is 11.2. The number of nitrogens with one attached hydrogen (secondary N) is 2. The highest BCUT2D eigenvalue weighted by Gasteiger charge is 2.48. The smallest absolute Gasteiger partial charge is 0.410 e. The molecule has 43 heavy (non-hydrogen) atoms. The second kappa shape index (κ2) is 11.7. The predicted molar refractivity (Wildman–Crippen MR) is 141 cm³/mol. The number of amides is 3. The minimum absolute atomic E-state index is 0.0444. The molecule has 1 saturated heterocycles. The maximum atomic E-state index is 14.0. The summed E-state index contributed by atoms with van der Waals surface area (Å²) >= 11 is 0. The van der Waals surface area contributed by atoms with Crippen LogP contribution < -0.4 is 10.6 Å². The van der Waals surface area contributed by atoms with Crippen molar-refractivity contribution in [3.05, 3.63) is 41.8 Å². The van der Waals surface area contributed by atoms with E-state index in [1.165, 1.54) is 18.1 Å². The van der Waals surface area contributed by atoms with Crippen molar-refractivity contribution in [3.8, 4) is 0 Å². The number of rotatable bonds is 9. The van der Waals surface area contributed by atoms with Gasteiger partial charge in [-0.15, -0.1) is 0 Å². The molecule has 0 bridgehead atoms. The van der Waals surface area contributed by atoms with Crippen molar-refractivity contribution >= 4 is 23.0 Å². The zero-order valence-corrected chi connectivity index (χ0v) is 23.7. The third-order valence-corrected chi connectivity index (χ3v) is 7.90. The van der Waals surface area contributed by atoms with E-state index >= 15 is 0 Å². The van der Waals surface area contributed by atoms with Gasteiger partial charge in [0.1, 0.15) is 23.9 Å². The van der Waals surface area contributed by atoms with Gasteiger partial charge in [0.05, 0.1) is 19.2 Å². The van der Waals surface area contributed by atoms with Crippen molar-refractivity contribution in [1.82, 2.24) is 35.3 Å². The molecule has 0 radical (unpaired) electrons. The summed E-state index contributed by atoms with van der Waals surface area (Å²) in [4.78, 5) is 35.5. The summed E-state index contributed by atoms with van der Waals surface area (Å²) in [5.41, 5.74) is 1.07. The third-order valence-electron chi connectivity index (χ3n) is 7.90. The summed E-state index contributed by atoms with van der Waals surface area (Å²) in [6, 6.07) is -0.0707. The molecule has 5 rings (SSSR count). The Balaban J connectivity index is 1.46. The molecule has 2 aliphatic rings. The average Bonchev–Trinajstić information content (AvgIpc) is 3.68. The average molecular weight is 614 g/mol. The molecule has 1 aliphatic heterocycles. The van der Waals surface area contributed by atoms with Gasteiger partial charge in [0.15, 0.2) is 5.58 Å². The zero-order valence-electron chi connectivity index (χ0n) is 23.7. The largest absolute Gasteiger partial charge is 0.438 e. The van der Waals surface area contributed by atoms with Gasteiger partial charge in [-0.2, -0.15) is 18.3 Å². The van der Waals surface area contributed by atoms with Crippen LogP contribution in [0.25, 0.3) is 11.1 Å². The van der Waals surface area contributed by atoms with Crippen molar-refractivity contribution in [2.45, 2.75) is 75.8 Å². The van der Waals surface area contributed by atoms with E-state index in [-0.39, 0.29) is 50.0 Å². The Bertz CT molecular complexity index is 1460. The Morgan fingerprint density at radius 1 is 1.26 bits per heavy atom. The number of hydrogen-bond acceptors (Lipinski definition) is 7. The van der Waals surface area contributed by atoms with Crippen molar-refractivity contribution in [1.29, 1.82) is 0 Å². The van der Waals surface area contributed by atoms with Crippen LogP contribution >= 0.6 is 0 Å². The fourth-order valence-electron chi connectivity index (χ4n) is 5.61. The number of carbonyl (C=O) groups is 2. The Hall–Kier alpha value is -3.82. The molecule has 2 N–H and O–H groups in total. The highest BCUT2D eigenvalue weighted by Crippen LogP contribution is 2.42. The van der Waals surface area contributed by atoms with E-state index < -0.39 is 54.6 Å². The number of alkyl halides is 5. The maximum Gasteiger partial charge on any atom is 0.410 e. The highest BCUT2D eigenvalue weighted by molar-refractivity contribution is 5.91. The molecule has 1 aromatic carbocycles. The number of carbonyl (C=O) groups excluding carboxylic acids is 2. The molecule has 3 aromatic rings. The summed E-state index contributed by atoms with van der Waals surface area (Å²) in [5.74, 6) is -3.66. The van der Waals surface area contributed by atoms with Crippen LogP contribution in [0.15, 0.2) is 28.9 Å². The number of nitrogens with zero attached hydrogens (tertiary/aromatic N) is 5. The van der Waals surface area contributed by atoms with Gasteiger partial charge in [-0.3, -0.25) is 4.79 Å². The van der Waals surface area contributed by atoms with Crippen molar-refractivity contribution in [2.24, 2.45) is 5.92 Å². The Morgan fingerprint density at radius 2 is 1.98 bits per heavy atom. The quantitative estimate of drug-likeness (QED) is 0.327. The first-order chi connectivity index (χ1) is 20.3. The topological polar surface area (TPSA) is 127 Å². The van der Waals surface area contributed by atoms with Gasteiger partial charge < -0.3 is 24.7 Å². The summed E-state index contributed by atoms with van der Waals surface area (Å²) < 4.78 is 80.6.